The molecule has 42 heavy (non-hydrogen) atoms. The number of benzene rings is 2. The van der Waals surface area contributed by atoms with Gasteiger partial charge in [-0.05, 0) is 66.5 Å². The Hall–Kier alpha value is -3.22. The van der Waals surface area contributed by atoms with Gasteiger partial charge in [-0.15, -0.1) is 0 Å². The summed E-state index contributed by atoms with van der Waals surface area (Å²) >= 11 is 3.22. The first-order valence-corrected chi connectivity index (χ1v) is 16.6. The van der Waals surface area contributed by atoms with E-state index < -0.39 is 35.8 Å². The average molecular weight is 618 g/mol. The van der Waals surface area contributed by atoms with Crippen LogP contribution in [0.5, 0.6) is 5.75 Å². The first-order valence-electron chi connectivity index (χ1n) is 13.8. The van der Waals surface area contributed by atoms with E-state index in [1.165, 1.54) is 28.8 Å². The molecule has 4 amide bonds. The van der Waals surface area contributed by atoms with Crippen LogP contribution in [-0.4, -0.2) is 95.9 Å². The number of nitrogens with two attached hydrogens (primary N) is 1. The van der Waals surface area contributed by atoms with Gasteiger partial charge in [0.2, 0.25) is 23.6 Å². The summed E-state index contributed by atoms with van der Waals surface area (Å²) in [7, 11) is 1.55. The Labute approximate surface area is 256 Å². The van der Waals surface area contributed by atoms with Crippen molar-refractivity contribution in [3.63, 3.8) is 0 Å². The van der Waals surface area contributed by atoms with E-state index in [-0.39, 0.29) is 24.6 Å². The van der Waals surface area contributed by atoms with Crippen molar-refractivity contribution in [3.8, 4) is 5.75 Å². The van der Waals surface area contributed by atoms with Crippen LogP contribution in [0.2, 0.25) is 0 Å². The smallest absolute Gasteiger partial charge is 0.243 e. The number of aromatic hydroxyl groups is 1. The standard InChI is InChI=1S/C30H43N5O5S2/c1-35(26(19-21-8-5-4-6-9-21)30(40)32-15-7-16-41-2)27(37)20-33-29(39)25(14-17-42-3)34-28(38)24(31)18-22-10-12-23(36)13-11-22/h4-6,8-13,24-26,36H,7,14-20,31H2,1-3H3,(H,32,40)(H,33,39)(H,34,38)/t24-,25+,26-/m0/s1. The van der Waals surface area contributed by atoms with Gasteiger partial charge in [-0.25, -0.2) is 0 Å². The molecule has 0 saturated heterocycles. The highest BCUT2D eigenvalue weighted by atomic mass is 32.2. The molecule has 2 aromatic carbocycles. The average Bonchev–Trinajstić information content (AvgIpc) is 2.99. The molecule has 6 N–H and O–H groups in total. The number of hydrogen-bond acceptors (Lipinski definition) is 8. The molecule has 0 spiro atoms. The lowest BCUT2D eigenvalue weighted by atomic mass is 10.0. The third-order valence-electron chi connectivity index (χ3n) is 6.65. The van der Waals surface area contributed by atoms with Crippen molar-refractivity contribution in [3.05, 3.63) is 65.7 Å². The molecule has 12 heteroatoms. The highest BCUT2D eigenvalue weighted by Gasteiger charge is 2.29. The van der Waals surface area contributed by atoms with E-state index in [1.54, 1.807) is 30.9 Å². The number of phenolic OH excluding ortho intramolecular Hbond substituents is 1. The normalized spacial score (nSPS) is 13.0. The Kier molecular flexibility index (Phi) is 15.9. The largest absolute Gasteiger partial charge is 0.508 e. The number of nitrogens with zero attached hydrogens (tertiary/aromatic N) is 1. The van der Waals surface area contributed by atoms with E-state index in [2.05, 4.69) is 16.0 Å². The third kappa shape index (κ3) is 12.3. The highest BCUT2D eigenvalue weighted by Crippen LogP contribution is 2.12. The number of thioether (sulfide) groups is 2. The second kappa shape index (κ2) is 19.1. The number of amides is 4. The molecule has 0 aromatic heterocycles. The van der Waals surface area contributed by atoms with Crippen molar-refractivity contribution in [2.45, 2.75) is 43.8 Å². The van der Waals surface area contributed by atoms with Gasteiger partial charge in [0.1, 0.15) is 17.8 Å². The van der Waals surface area contributed by atoms with Gasteiger partial charge in [-0.2, -0.15) is 23.5 Å². The summed E-state index contributed by atoms with van der Waals surface area (Å²) in [5, 5.41) is 17.7. The number of carbonyl (C=O) groups is 4. The van der Waals surface area contributed by atoms with Crippen LogP contribution >= 0.6 is 23.5 Å². The minimum Gasteiger partial charge on any atom is -0.508 e. The third-order valence-corrected chi connectivity index (χ3v) is 7.99. The SMILES string of the molecule is CSCCCNC(=O)[C@H](Cc1ccccc1)N(C)C(=O)CNC(=O)[C@@H](CCSC)NC(=O)[C@@H](N)Cc1ccc(O)cc1. The number of phenols is 1. The van der Waals surface area contributed by atoms with E-state index in [1.807, 2.05) is 42.8 Å². The zero-order chi connectivity index (χ0) is 30.9. The molecule has 0 fully saturated rings. The number of hydrogen-bond donors (Lipinski definition) is 5. The van der Waals surface area contributed by atoms with Gasteiger partial charge in [-0.3, -0.25) is 19.2 Å². The molecule has 2 aromatic rings. The van der Waals surface area contributed by atoms with E-state index in [0.29, 0.717) is 25.1 Å². The van der Waals surface area contributed by atoms with E-state index >= 15 is 0 Å². The monoisotopic (exact) mass is 617 g/mol. The summed E-state index contributed by atoms with van der Waals surface area (Å²) in [6.45, 7) is 0.182. The number of rotatable bonds is 18. The molecule has 230 valence electrons. The maximum atomic E-state index is 13.2. The zero-order valence-electron chi connectivity index (χ0n) is 24.5. The summed E-state index contributed by atoms with van der Waals surface area (Å²) in [6.07, 6.45) is 5.63. The Balaban J connectivity index is 2.01. The van der Waals surface area contributed by atoms with Crippen molar-refractivity contribution in [1.29, 1.82) is 0 Å². The molecule has 3 atom stereocenters. The fourth-order valence-corrected chi connectivity index (χ4v) is 5.04. The van der Waals surface area contributed by atoms with Crippen LogP contribution in [0, 0.1) is 0 Å². The van der Waals surface area contributed by atoms with E-state index in [0.717, 1.165) is 23.3 Å². The summed E-state index contributed by atoms with van der Waals surface area (Å²) in [4.78, 5) is 53.5. The molecule has 10 nitrogen and oxygen atoms in total. The summed E-state index contributed by atoms with van der Waals surface area (Å²) in [6, 6.07) is 13.3. The summed E-state index contributed by atoms with van der Waals surface area (Å²) < 4.78 is 0. The number of nitrogens with one attached hydrogen (secondary N) is 3. The van der Waals surface area contributed by atoms with E-state index in [9.17, 15) is 24.3 Å². The van der Waals surface area contributed by atoms with Crippen molar-refractivity contribution in [2.24, 2.45) is 5.73 Å². The van der Waals surface area contributed by atoms with Crippen molar-refractivity contribution in [2.75, 3.05) is 44.2 Å². The van der Waals surface area contributed by atoms with Crippen LogP contribution in [0.15, 0.2) is 54.6 Å². The van der Waals surface area contributed by atoms with Crippen molar-refractivity contribution < 1.29 is 24.3 Å². The van der Waals surface area contributed by atoms with Gasteiger partial charge in [0.05, 0.1) is 12.6 Å². The van der Waals surface area contributed by atoms with Gasteiger partial charge >= 0.3 is 0 Å². The van der Waals surface area contributed by atoms with Gasteiger partial charge in [-0.1, -0.05) is 42.5 Å². The highest BCUT2D eigenvalue weighted by molar-refractivity contribution is 7.98. The predicted molar refractivity (Wildman–Crippen MR) is 170 cm³/mol. The fraction of sp³-hybridized carbons (Fsp3) is 0.467. The van der Waals surface area contributed by atoms with E-state index in [4.69, 9.17) is 5.73 Å². The van der Waals surface area contributed by atoms with Crippen LogP contribution in [0.4, 0.5) is 0 Å². The molecule has 0 heterocycles. The van der Waals surface area contributed by atoms with Gasteiger partial charge in [0.25, 0.3) is 0 Å². The lowest BCUT2D eigenvalue weighted by Gasteiger charge is -2.28. The minimum atomic E-state index is -0.903. The molecule has 0 radical (unpaired) electrons. The quantitative estimate of drug-likeness (QED) is 0.158. The fourth-order valence-electron chi connectivity index (χ4n) is 4.14. The van der Waals surface area contributed by atoms with Crippen LogP contribution in [-0.2, 0) is 32.0 Å². The van der Waals surface area contributed by atoms with Crippen LogP contribution in [0.1, 0.15) is 24.0 Å². The van der Waals surface area contributed by atoms with Gasteiger partial charge < -0.3 is 31.7 Å². The Morgan fingerprint density at radius 3 is 2.14 bits per heavy atom. The first kappa shape index (κ1) is 35.0. The maximum absolute atomic E-state index is 13.2. The molecule has 0 unspecified atom stereocenters. The molecule has 0 aliphatic rings. The number of carbonyl (C=O) groups excluding carboxylic acids is 4. The van der Waals surface area contributed by atoms with Gasteiger partial charge in [0.15, 0.2) is 0 Å². The molecule has 0 saturated carbocycles. The molecule has 0 aliphatic heterocycles. The second-order valence-electron chi connectivity index (χ2n) is 9.89. The van der Waals surface area contributed by atoms with Crippen LogP contribution < -0.4 is 21.7 Å². The minimum absolute atomic E-state index is 0.115. The Bertz CT molecular complexity index is 1140. The van der Waals surface area contributed by atoms with Crippen LogP contribution in [0.25, 0.3) is 0 Å². The molecule has 2 rings (SSSR count). The Morgan fingerprint density at radius 2 is 1.50 bits per heavy atom. The second-order valence-corrected chi connectivity index (χ2v) is 11.9. The lowest BCUT2D eigenvalue weighted by molar-refractivity contribution is -0.139. The molecular weight excluding hydrogens is 574 g/mol. The number of likely N-dealkylation sites (N-methyl/N-ethyl adjacent to an activating group) is 1. The van der Waals surface area contributed by atoms with Gasteiger partial charge in [0, 0.05) is 20.0 Å². The lowest BCUT2D eigenvalue weighted by Crippen LogP contribution is -2.55. The summed E-state index contributed by atoms with van der Waals surface area (Å²) in [5.74, 6) is -0.0392. The molecular formula is C30H43N5O5S2. The van der Waals surface area contributed by atoms with Crippen molar-refractivity contribution in [1.82, 2.24) is 20.9 Å². The zero-order valence-corrected chi connectivity index (χ0v) is 26.1. The molecule has 0 aliphatic carbocycles. The Morgan fingerprint density at radius 1 is 0.857 bits per heavy atom. The maximum Gasteiger partial charge on any atom is 0.243 e. The molecule has 0 bridgehead atoms. The predicted octanol–water partition coefficient (Wildman–Crippen LogP) is 1.56. The summed E-state index contributed by atoms with van der Waals surface area (Å²) in [5.41, 5.74) is 7.77. The van der Waals surface area contributed by atoms with Crippen LogP contribution in [0.3, 0.4) is 0 Å². The topological polar surface area (TPSA) is 154 Å². The van der Waals surface area contributed by atoms with Crippen molar-refractivity contribution >= 4 is 47.2 Å². The first-order chi connectivity index (χ1) is 20.2.